The van der Waals surface area contributed by atoms with E-state index in [0.717, 1.165) is 5.56 Å². The van der Waals surface area contributed by atoms with Gasteiger partial charge >= 0.3 is 24.0 Å². The Kier molecular flexibility index (Phi) is 20.6. The van der Waals surface area contributed by atoms with E-state index in [2.05, 4.69) is 10.6 Å². The average Bonchev–Trinajstić information content (AvgIpc) is 3.13. The summed E-state index contributed by atoms with van der Waals surface area (Å²) >= 11 is 23.7. The molecule has 0 unspecified atom stereocenters. The van der Waals surface area contributed by atoms with E-state index in [0.29, 0.717) is 16.3 Å². The lowest BCUT2D eigenvalue weighted by atomic mass is 9.93. The van der Waals surface area contributed by atoms with E-state index in [1.54, 1.807) is 52.8 Å². The van der Waals surface area contributed by atoms with Gasteiger partial charge in [0, 0.05) is 25.3 Å². The summed E-state index contributed by atoms with van der Waals surface area (Å²) in [7, 11) is 1.46. The van der Waals surface area contributed by atoms with Crippen LogP contribution in [0.5, 0.6) is 5.75 Å². The van der Waals surface area contributed by atoms with Crippen LogP contribution in [0.25, 0.3) is 6.08 Å². The Hall–Kier alpha value is -3.97. The summed E-state index contributed by atoms with van der Waals surface area (Å²) in [4.78, 5) is 65.9. The van der Waals surface area contributed by atoms with Gasteiger partial charge in [-0.15, -0.1) is 0 Å². The van der Waals surface area contributed by atoms with Crippen molar-refractivity contribution in [3.8, 4) is 5.75 Å². The molecule has 16 heteroatoms. The lowest BCUT2D eigenvalue weighted by Crippen LogP contribution is -2.44. The largest absolute Gasteiger partial charge is 0.495 e. The van der Waals surface area contributed by atoms with Crippen LogP contribution in [0, 0.1) is 17.3 Å². The number of carbonyl (C=O) groups is 5. The van der Waals surface area contributed by atoms with Crippen LogP contribution in [0.3, 0.4) is 0 Å². The van der Waals surface area contributed by atoms with Crippen molar-refractivity contribution in [1.82, 2.24) is 10.6 Å². The number of amides is 2. The summed E-state index contributed by atoms with van der Waals surface area (Å²) in [6.07, 6.45) is 3.86. The fraction of sp³-hybridized carbons (Fsp3) is 0.512. The van der Waals surface area contributed by atoms with Gasteiger partial charge in [-0.3, -0.25) is 9.59 Å². The van der Waals surface area contributed by atoms with Crippen LogP contribution in [0.1, 0.15) is 79.4 Å². The Morgan fingerprint density at radius 1 is 0.881 bits per heavy atom. The Bertz CT molecular complexity index is 1770. The van der Waals surface area contributed by atoms with E-state index in [-0.39, 0.29) is 37.6 Å². The van der Waals surface area contributed by atoms with Crippen LogP contribution in [-0.2, 0) is 44.5 Å². The highest BCUT2D eigenvalue weighted by Crippen LogP contribution is 2.28. The van der Waals surface area contributed by atoms with Gasteiger partial charge in [0.05, 0.1) is 17.5 Å². The first-order chi connectivity index (χ1) is 27.4. The van der Waals surface area contributed by atoms with E-state index in [1.165, 1.54) is 19.3 Å². The first-order valence-corrected chi connectivity index (χ1v) is 20.5. The van der Waals surface area contributed by atoms with Crippen molar-refractivity contribution in [2.75, 3.05) is 20.3 Å². The zero-order valence-corrected chi connectivity index (χ0v) is 38.0. The minimum absolute atomic E-state index is 0.0205. The van der Waals surface area contributed by atoms with Gasteiger partial charge in [0.2, 0.25) is 9.70 Å². The molecule has 0 aliphatic rings. The van der Waals surface area contributed by atoms with Gasteiger partial charge in [-0.05, 0) is 76.3 Å². The molecule has 4 atom stereocenters. The molecule has 0 aliphatic carbocycles. The summed E-state index contributed by atoms with van der Waals surface area (Å²) in [5.74, 6) is -3.05. The highest BCUT2D eigenvalue weighted by molar-refractivity contribution is 6.67. The highest BCUT2D eigenvalue weighted by atomic mass is 35.6. The molecule has 0 saturated heterocycles. The molecule has 0 heterocycles. The topological polar surface area (TPSA) is 156 Å². The maximum atomic E-state index is 13.8. The number of alkyl carbamates (subject to hydrolysis) is 1. The third-order valence-corrected chi connectivity index (χ3v) is 8.97. The molecule has 0 radical (unpaired) electrons. The second-order valence-electron chi connectivity index (χ2n) is 16.0. The molecule has 59 heavy (non-hydrogen) atoms. The predicted octanol–water partition coefficient (Wildman–Crippen LogP) is 9.01. The summed E-state index contributed by atoms with van der Waals surface area (Å²) in [5, 5.41) is 5.50. The van der Waals surface area contributed by atoms with Gasteiger partial charge in [-0.2, -0.15) is 0 Å². The summed E-state index contributed by atoms with van der Waals surface area (Å²) < 4.78 is 25.6. The fourth-order valence-corrected chi connectivity index (χ4v) is 5.63. The molecule has 2 aromatic carbocycles. The quantitative estimate of drug-likeness (QED) is 0.0569. The normalized spacial score (nSPS) is 14.3. The van der Waals surface area contributed by atoms with Crippen molar-refractivity contribution in [1.29, 1.82) is 0 Å². The van der Waals surface area contributed by atoms with Gasteiger partial charge in [-0.25, -0.2) is 14.4 Å². The number of nitrogens with one attached hydrogen (secondary N) is 2. The number of methoxy groups -OCH3 is 1. The van der Waals surface area contributed by atoms with Gasteiger partial charge in [0.1, 0.15) is 30.1 Å². The number of alkyl halides is 3. The van der Waals surface area contributed by atoms with Crippen LogP contribution in [0.4, 0.5) is 4.79 Å². The van der Waals surface area contributed by atoms with Crippen LogP contribution in [0.2, 0.25) is 5.02 Å². The molecule has 0 aromatic heterocycles. The molecule has 2 amide bonds. The summed E-state index contributed by atoms with van der Waals surface area (Å²) in [6, 6.07) is 13.2. The standard InChI is InChI=1S/C43H56Cl4N2O10/c1-27(2)22-35(58-39(53)42(7,8)25-48-40(54)59-41(4,5)6)38(52)57-33(28(3)18-19-29-14-11-10-12-15-29)16-13-17-36(50)49-32(37(51)56-26-43(45,46)47)24-30-20-21-34(55-9)31(44)23-30/h10-15,17-21,23,27-28,32-33,35H,16,22,24-26H2,1-9H3,(H,48,54)(H,49,50)/b17-13+,19-18+/t28-,32-,33+,35-/m1/s1. The second kappa shape index (κ2) is 23.7. The van der Waals surface area contributed by atoms with Crippen molar-refractivity contribution in [3.05, 3.63) is 82.9 Å². The van der Waals surface area contributed by atoms with E-state index >= 15 is 0 Å². The molecular weight excluding hydrogens is 846 g/mol. The van der Waals surface area contributed by atoms with Crippen molar-refractivity contribution >= 4 is 82.4 Å². The van der Waals surface area contributed by atoms with Crippen LogP contribution < -0.4 is 15.4 Å². The Morgan fingerprint density at radius 3 is 2.12 bits per heavy atom. The maximum Gasteiger partial charge on any atom is 0.407 e. The SMILES string of the molecule is COc1ccc(C[C@@H](NC(=O)/C=C/C[C@H](OC(=O)[C@@H](CC(C)C)OC(=O)C(C)(C)CNC(=O)OC(C)(C)C)[C@H](C)/C=C/c2ccccc2)C(=O)OCC(Cl)(Cl)Cl)cc1Cl. The Labute approximate surface area is 367 Å². The first kappa shape index (κ1) is 51.2. The van der Waals surface area contributed by atoms with Crippen molar-refractivity contribution < 1.29 is 47.7 Å². The maximum absolute atomic E-state index is 13.8. The molecule has 0 fully saturated rings. The van der Waals surface area contributed by atoms with Crippen molar-refractivity contribution in [2.45, 2.75) is 102 Å². The molecule has 326 valence electrons. The predicted molar refractivity (Wildman–Crippen MR) is 231 cm³/mol. The minimum atomic E-state index is -1.88. The zero-order valence-electron chi connectivity index (χ0n) is 34.9. The number of esters is 3. The molecule has 2 aromatic rings. The Balaban J connectivity index is 2.31. The third-order valence-electron chi connectivity index (χ3n) is 8.34. The Morgan fingerprint density at radius 2 is 1.54 bits per heavy atom. The number of rotatable bonds is 20. The van der Waals surface area contributed by atoms with Crippen LogP contribution in [0.15, 0.2) is 66.8 Å². The molecule has 0 bridgehead atoms. The molecule has 0 spiro atoms. The highest BCUT2D eigenvalue weighted by Gasteiger charge is 2.36. The van der Waals surface area contributed by atoms with Crippen LogP contribution in [-0.4, -0.2) is 77.8 Å². The smallest absolute Gasteiger partial charge is 0.407 e. The van der Waals surface area contributed by atoms with E-state index in [4.69, 9.17) is 70.1 Å². The number of halogens is 4. The second-order valence-corrected chi connectivity index (χ2v) is 18.9. The zero-order chi connectivity index (χ0) is 44.6. The van der Waals surface area contributed by atoms with E-state index < -0.39 is 69.6 Å². The lowest BCUT2D eigenvalue weighted by Gasteiger charge is -2.29. The van der Waals surface area contributed by atoms with Gasteiger partial charge in [0.15, 0.2) is 6.10 Å². The number of hydrogen-bond acceptors (Lipinski definition) is 10. The van der Waals surface area contributed by atoms with Gasteiger partial charge < -0.3 is 34.3 Å². The third kappa shape index (κ3) is 20.2. The molecule has 2 rings (SSSR count). The van der Waals surface area contributed by atoms with Gasteiger partial charge in [-0.1, -0.05) is 122 Å². The fourth-order valence-electron chi connectivity index (χ4n) is 5.18. The molecular formula is C43H56Cl4N2O10. The first-order valence-electron chi connectivity index (χ1n) is 19.0. The number of benzene rings is 2. The van der Waals surface area contributed by atoms with E-state index in [9.17, 15) is 24.0 Å². The summed E-state index contributed by atoms with van der Waals surface area (Å²) in [6.45, 7) is 13.2. The molecule has 2 N–H and O–H groups in total. The van der Waals surface area contributed by atoms with Crippen LogP contribution >= 0.6 is 46.4 Å². The number of ether oxygens (including phenoxy) is 5. The molecule has 0 saturated carbocycles. The number of hydrogen-bond donors (Lipinski definition) is 2. The lowest BCUT2D eigenvalue weighted by molar-refractivity contribution is -0.178. The van der Waals surface area contributed by atoms with E-state index in [1.807, 2.05) is 63.3 Å². The summed E-state index contributed by atoms with van der Waals surface area (Å²) in [5.41, 5.74) is -0.458. The average molecular weight is 903 g/mol. The molecule has 0 aliphatic heterocycles. The van der Waals surface area contributed by atoms with Crippen molar-refractivity contribution in [2.24, 2.45) is 17.3 Å². The minimum Gasteiger partial charge on any atom is -0.495 e. The van der Waals surface area contributed by atoms with Crippen molar-refractivity contribution in [3.63, 3.8) is 0 Å². The number of carbonyl (C=O) groups excluding carboxylic acids is 5. The molecule has 12 nitrogen and oxygen atoms in total. The van der Waals surface area contributed by atoms with Gasteiger partial charge in [0.25, 0.3) is 0 Å². The monoisotopic (exact) mass is 900 g/mol.